The molecular weight excluding hydrogens is 184 g/mol. The van der Waals surface area contributed by atoms with Crippen LogP contribution < -0.4 is 5.32 Å². The highest BCUT2D eigenvalue weighted by Crippen LogP contribution is 2.28. The molecule has 0 saturated carbocycles. The van der Waals surface area contributed by atoms with Gasteiger partial charge in [-0.05, 0) is 25.3 Å². The van der Waals surface area contributed by atoms with E-state index in [9.17, 15) is 0 Å². The summed E-state index contributed by atoms with van der Waals surface area (Å²) in [7, 11) is 0. The highest BCUT2D eigenvalue weighted by atomic mass is 32.1. The molecule has 13 heavy (non-hydrogen) atoms. The summed E-state index contributed by atoms with van der Waals surface area (Å²) in [6.45, 7) is 1.32. The second kappa shape index (κ2) is 4.17. The zero-order valence-corrected chi connectivity index (χ0v) is 8.26. The van der Waals surface area contributed by atoms with Crippen molar-refractivity contribution in [1.82, 2.24) is 10.3 Å². The maximum absolute atomic E-state index is 9.07. The van der Waals surface area contributed by atoms with E-state index in [2.05, 4.69) is 10.3 Å². The molecule has 1 fully saturated rings. The summed E-state index contributed by atoms with van der Waals surface area (Å²) >= 11 is 1.69. The summed E-state index contributed by atoms with van der Waals surface area (Å²) in [5.74, 6) is 0.466. The number of hydrogen-bond donors (Lipinski definition) is 2. The van der Waals surface area contributed by atoms with Gasteiger partial charge in [-0.15, -0.1) is 11.3 Å². The van der Waals surface area contributed by atoms with Crippen LogP contribution in [0.25, 0.3) is 0 Å². The monoisotopic (exact) mass is 198 g/mol. The number of nitrogens with zero attached hydrogens (tertiary/aromatic N) is 1. The minimum absolute atomic E-state index is 0.316. The van der Waals surface area contributed by atoms with E-state index in [0.717, 1.165) is 19.4 Å². The van der Waals surface area contributed by atoms with Crippen LogP contribution in [-0.4, -0.2) is 23.2 Å². The number of aliphatic hydroxyl groups excluding tert-OH is 1. The third kappa shape index (κ3) is 2.07. The van der Waals surface area contributed by atoms with E-state index in [-0.39, 0.29) is 0 Å². The Morgan fingerprint density at radius 1 is 1.69 bits per heavy atom. The zero-order valence-electron chi connectivity index (χ0n) is 7.44. The molecule has 2 N–H and O–H groups in total. The van der Waals surface area contributed by atoms with E-state index in [1.54, 1.807) is 11.3 Å². The maximum atomic E-state index is 9.07. The Bertz CT molecular complexity index is 250. The number of thiazole rings is 1. The highest BCUT2D eigenvalue weighted by Gasteiger charge is 2.22. The lowest BCUT2D eigenvalue weighted by molar-refractivity contribution is 0.177. The van der Waals surface area contributed by atoms with Crippen LogP contribution in [0, 0.1) is 5.92 Å². The Morgan fingerprint density at radius 2 is 2.62 bits per heavy atom. The third-order valence-electron chi connectivity index (χ3n) is 2.57. The number of rotatable bonds is 2. The SMILES string of the molecule is OCC1CCNC(c2cncs2)C1. The van der Waals surface area contributed by atoms with E-state index in [0.29, 0.717) is 18.6 Å². The van der Waals surface area contributed by atoms with Crippen molar-refractivity contribution < 1.29 is 5.11 Å². The summed E-state index contributed by atoms with van der Waals surface area (Å²) in [6, 6.07) is 0.415. The molecule has 1 saturated heterocycles. The molecule has 0 radical (unpaired) electrons. The van der Waals surface area contributed by atoms with Gasteiger partial charge in [0.1, 0.15) is 0 Å². The molecule has 2 rings (SSSR count). The Hall–Kier alpha value is -0.450. The first-order valence-electron chi connectivity index (χ1n) is 4.63. The quantitative estimate of drug-likeness (QED) is 0.750. The molecule has 0 spiro atoms. The summed E-state index contributed by atoms with van der Waals surface area (Å²) in [4.78, 5) is 5.35. The van der Waals surface area contributed by atoms with Crippen molar-refractivity contribution in [1.29, 1.82) is 0 Å². The van der Waals surface area contributed by atoms with Gasteiger partial charge in [-0.1, -0.05) is 0 Å². The molecule has 2 heterocycles. The first-order chi connectivity index (χ1) is 6.40. The predicted molar refractivity (Wildman–Crippen MR) is 52.7 cm³/mol. The van der Waals surface area contributed by atoms with Gasteiger partial charge < -0.3 is 10.4 Å². The lowest BCUT2D eigenvalue weighted by Gasteiger charge is -2.28. The van der Waals surface area contributed by atoms with E-state index in [1.807, 2.05) is 11.7 Å². The molecule has 1 aromatic heterocycles. The molecule has 2 atom stereocenters. The Morgan fingerprint density at radius 3 is 3.31 bits per heavy atom. The molecular formula is C9H14N2OS. The van der Waals surface area contributed by atoms with Crippen LogP contribution in [-0.2, 0) is 0 Å². The Labute approximate surface area is 81.8 Å². The van der Waals surface area contributed by atoms with Gasteiger partial charge in [0, 0.05) is 23.7 Å². The first-order valence-corrected chi connectivity index (χ1v) is 5.50. The van der Waals surface area contributed by atoms with Gasteiger partial charge in [0.2, 0.25) is 0 Å². The van der Waals surface area contributed by atoms with Crippen LogP contribution in [0.15, 0.2) is 11.7 Å². The molecule has 1 aliphatic heterocycles. The molecule has 0 aliphatic carbocycles. The lowest BCUT2D eigenvalue weighted by atomic mass is 9.93. The van der Waals surface area contributed by atoms with E-state index >= 15 is 0 Å². The van der Waals surface area contributed by atoms with Gasteiger partial charge in [-0.2, -0.15) is 0 Å². The van der Waals surface area contributed by atoms with Gasteiger partial charge in [0.25, 0.3) is 0 Å². The van der Waals surface area contributed by atoms with Crippen LogP contribution in [0.4, 0.5) is 0 Å². The summed E-state index contributed by atoms with van der Waals surface area (Å²) in [5, 5.41) is 12.5. The molecule has 2 unspecified atom stereocenters. The standard InChI is InChI=1S/C9H14N2OS/c12-5-7-1-2-11-8(3-7)9-4-10-6-13-9/h4,6-8,11-12H,1-3,5H2. The number of piperidine rings is 1. The first kappa shape index (κ1) is 9.12. The lowest BCUT2D eigenvalue weighted by Crippen LogP contribution is -2.32. The van der Waals surface area contributed by atoms with Crippen molar-refractivity contribution in [2.24, 2.45) is 5.92 Å². The van der Waals surface area contributed by atoms with Crippen molar-refractivity contribution in [3.8, 4) is 0 Å². The smallest absolute Gasteiger partial charge is 0.0794 e. The minimum Gasteiger partial charge on any atom is -0.396 e. The molecule has 0 amide bonds. The fourth-order valence-electron chi connectivity index (χ4n) is 1.78. The molecule has 4 heteroatoms. The number of aromatic nitrogens is 1. The summed E-state index contributed by atoms with van der Waals surface area (Å²) in [6.07, 6.45) is 4.05. The van der Waals surface area contributed by atoms with Crippen LogP contribution in [0.5, 0.6) is 0 Å². The van der Waals surface area contributed by atoms with Gasteiger partial charge in [0.05, 0.1) is 5.51 Å². The predicted octanol–water partition coefficient (Wildman–Crippen LogP) is 1.18. The molecule has 72 valence electrons. The average molecular weight is 198 g/mol. The van der Waals surface area contributed by atoms with Crippen molar-refractivity contribution in [3.05, 3.63) is 16.6 Å². The fourth-order valence-corrected chi connectivity index (χ4v) is 2.49. The van der Waals surface area contributed by atoms with Crippen LogP contribution in [0.2, 0.25) is 0 Å². The van der Waals surface area contributed by atoms with Crippen LogP contribution in [0.3, 0.4) is 0 Å². The highest BCUT2D eigenvalue weighted by molar-refractivity contribution is 7.09. The third-order valence-corrected chi connectivity index (χ3v) is 3.45. The van der Waals surface area contributed by atoms with Crippen molar-refractivity contribution in [3.63, 3.8) is 0 Å². The number of hydrogen-bond acceptors (Lipinski definition) is 4. The van der Waals surface area contributed by atoms with E-state index in [4.69, 9.17) is 5.11 Å². The number of aliphatic hydroxyl groups is 1. The molecule has 0 aromatic carbocycles. The molecule has 3 nitrogen and oxygen atoms in total. The van der Waals surface area contributed by atoms with Gasteiger partial charge >= 0.3 is 0 Å². The average Bonchev–Trinajstić information content (AvgIpc) is 2.71. The van der Waals surface area contributed by atoms with Gasteiger partial charge in [-0.25, -0.2) is 0 Å². The second-order valence-electron chi connectivity index (χ2n) is 3.48. The zero-order chi connectivity index (χ0) is 9.10. The van der Waals surface area contributed by atoms with E-state index in [1.165, 1.54) is 4.88 Å². The van der Waals surface area contributed by atoms with E-state index < -0.39 is 0 Å². The van der Waals surface area contributed by atoms with Crippen LogP contribution >= 0.6 is 11.3 Å². The second-order valence-corrected chi connectivity index (χ2v) is 4.40. The minimum atomic E-state index is 0.316. The van der Waals surface area contributed by atoms with Crippen molar-refractivity contribution in [2.75, 3.05) is 13.2 Å². The Balaban J connectivity index is 2.00. The van der Waals surface area contributed by atoms with Crippen molar-refractivity contribution in [2.45, 2.75) is 18.9 Å². The molecule has 1 aromatic rings. The van der Waals surface area contributed by atoms with Gasteiger partial charge in [-0.3, -0.25) is 4.98 Å². The topological polar surface area (TPSA) is 45.1 Å². The fraction of sp³-hybridized carbons (Fsp3) is 0.667. The molecule has 0 bridgehead atoms. The van der Waals surface area contributed by atoms with Crippen LogP contribution in [0.1, 0.15) is 23.8 Å². The Kier molecular flexibility index (Phi) is 2.93. The molecule has 1 aliphatic rings. The van der Waals surface area contributed by atoms with Crippen molar-refractivity contribution >= 4 is 11.3 Å². The number of nitrogens with one attached hydrogen (secondary N) is 1. The van der Waals surface area contributed by atoms with Gasteiger partial charge in [0.15, 0.2) is 0 Å². The summed E-state index contributed by atoms with van der Waals surface area (Å²) < 4.78 is 0. The maximum Gasteiger partial charge on any atom is 0.0794 e. The largest absolute Gasteiger partial charge is 0.396 e. The normalized spacial score (nSPS) is 29.0. The summed E-state index contributed by atoms with van der Waals surface area (Å²) in [5.41, 5.74) is 1.86.